The monoisotopic (exact) mass is 264 g/mol. The molecule has 0 saturated heterocycles. The largest absolute Gasteiger partial charge is 0.491 e. The summed E-state index contributed by atoms with van der Waals surface area (Å²) in [7, 11) is 1.54. The van der Waals surface area contributed by atoms with E-state index < -0.39 is 11.8 Å². The van der Waals surface area contributed by atoms with E-state index in [1.807, 2.05) is 0 Å². The maximum Gasteiger partial charge on any atom is 0.335 e. The maximum atomic E-state index is 13.3. The number of carboxylic acids is 1. The van der Waals surface area contributed by atoms with Gasteiger partial charge in [-0.3, -0.25) is 0 Å². The van der Waals surface area contributed by atoms with E-state index in [2.05, 4.69) is 0 Å². The molecule has 0 heterocycles. The molecule has 100 valence electrons. The van der Waals surface area contributed by atoms with Gasteiger partial charge in [-0.05, 0) is 29.7 Å². The molecule has 2 rings (SSSR count). The Balaban J connectivity index is 2.49. The number of carboxylic acid groups (broad SMARTS) is 1. The molecule has 0 aromatic heterocycles. The Bertz CT molecular complexity index is 610. The lowest BCUT2D eigenvalue weighted by Gasteiger charge is -2.10. The number of rotatable bonds is 5. The molecular weight excluding hydrogens is 251 g/mol. The van der Waals surface area contributed by atoms with Crippen LogP contribution in [0.3, 0.4) is 0 Å². The van der Waals surface area contributed by atoms with Gasteiger partial charge in [-0.25, -0.2) is 9.18 Å². The Morgan fingerprint density at radius 1 is 1.26 bits per heavy atom. The number of fused-ring (bicyclic) bond motifs is 1. The lowest BCUT2D eigenvalue weighted by Crippen LogP contribution is -2.06. The van der Waals surface area contributed by atoms with Crippen molar-refractivity contribution < 1.29 is 23.8 Å². The molecule has 0 unspecified atom stereocenters. The van der Waals surface area contributed by atoms with Crippen molar-refractivity contribution >= 4 is 16.7 Å². The van der Waals surface area contributed by atoms with Crippen LogP contribution in [0.1, 0.15) is 10.4 Å². The molecule has 0 aliphatic rings. The van der Waals surface area contributed by atoms with Crippen LogP contribution in [-0.2, 0) is 4.74 Å². The fourth-order valence-corrected chi connectivity index (χ4v) is 1.77. The minimum Gasteiger partial charge on any atom is -0.491 e. The topological polar surface area (TPSA) is 55.8 Å². The van der Waals surface area contributed by atoms with Crippen molar-refractivity contribution in [3.05, 3.63) is 41.7 Å². The number of carbonyl (C=O) groups is 1. The highest BCUT2D eigenvalue weighted by Crippen LogP contribution is 2.28. The zero-order valence-electron chi connectivity index (χ0n) is 10.4. The number of hydrogen-bond acceptors (Lipinski definition) is 3. The molecule has 0 bridgehead atoms. The summed E-state index contributed by atoms with van der Waals surface area (Å²) in [5.74, 6) is -1.11. The highest BCUT2D eigenvalue weighted by Gasteiger charge is 2.11. The summed E-state index contributed by atoms with van der Waals surface area (Å²) >= 11 is 0. The first-order chi connectivity index (χ1) is 9.11. The zero-order chi connectivity index (χ0) is 13.8. The van der Waals surface area contributed by atoms with E-state index in [1.165, 1.54) is 37.4 Å². The van der Waals surface area contributed by atoms with Gasteiger partial charge in [0, 0.05) is 12.5 Å². The number of halogens is 1. The van der Waals surface area contributed by atoms with E-state index in [0.717, 1.165) is 0 Å². The van der Waals surface area contributed by atoms with Crippen molar-refractivity contribution in [3.63, 3.8) is 0 Å². The number of methoxy groups -OCH3 is 1. The van der Waals surface area contributed by atoms with E-state index >= 15 is 0 Å². The van der Waals surface area contributed by atoms with Crippen LogP contribution < -0.4 is 4.74 Å². The molecule has 2 aromatic rings. The second-order valence-electron chi connectivity index (χ2n) is 3.99. The molecule has 19 heavy (non-hydrogen) atoms. The fourth-order valence-electron chi connectivity index (χ4n) is 1.77. The van der Waals surface area contributed by atoms with Crippen LogP contribution in [0, 0.1) is 5.82 Å². The van der Waals surface area contributed by atoms with Crippen molar-refractivity contribution in [1.29, 1.82) is 0 Å². The summed E-state index contributed by atoms with van der Waals surface area (Å²) in [5, 5.41) is 10.2. The van der Waals surface area contributed by atoms with E-state index in [9.17, 15) is 9.18 Å². The van der Waals surface area contributed by atoms with E-state index in [0.29, 0.717) is 23.1 Å². The van der Waals surface area contributed by atoms with Crippen LogP contribution in [0.15, 0.2) is 30.3 Å². The van der Waals surface area contributed by atoms with Crippen molar-refractivity contribution in [3.8, 4) is 5.75 Å². The number of aromatic carboxylic acids is 1. The van der Waals surface area contributed by atoms with Gasteiger partial charge in [-0.2, -0.15) is 0 Å². The van der Waals surface area contributed by atoms with Gasteiger partial charge in [-0.1, -0.05) is 6.07 Å². The molecule has 0 radical (unpaired) electrons. The summed E-state index contributed by atoms with van der Waals surface area (Å²) in [6, 6.07) is 7.01. The van der Waals surface area contributed by atoms with Crippen LogP contribution in [0.25, 0.3) is 10.8 Å². The van der Waals surface area contributed by atoms with Crippen LogP contribution in [-0.4, -0.2) is 31.4 Å². The summed E-state index contributed by atoms with van der Waals surface area (Å²) in [6.45, 7) is 0.638. The minimum absolute atomic E-state index is 0.103. The smallest absolute Gasteiger partial charge is 0.335 e. The van der Waals surface area contributed by atoms with Crippen molar-refractivity contribution in [2.45, 2.75) is 0 Å². The Morgan fingerprint density at radius 3 is 2.74 bits per heavy atom. The Kier molecular flexibility index (Phi) is 3.97. The predicted molar refractivity (Wildman–Crippen MR) is 68.2 cm³/mol. The Morgan fingerprint density at radius 2 is 2.05 bits per heavy atom. The van der Waals surface area contributed by atoms with Crippen LogP contribution in [0.5, 0.6) is 5.75 Å². The standard InChI is InChI=1S/C14H13FO4/c1-18-4-5-19-13-7-10(14(16)17)6-9-2-3-11(15)8-12(9)13/h2-3,6-8H,4-5H2,1H3,(H,16,17). The van der Waals surface area contributed by atoms with Gasteiger partial charge in [-0.15, -0.1) is 0 Å². The molecular formula is C14H13FO4. The van der Waals surface area contributed by atoms with Crippen molar-refractivity contribution in [2.24, 2.45) is 0 Å². The highest BCUT2D eigenvalue weighted by atomic mass is 19.1. The second-order valence-corrected chi connectivity index (χ2v) is 3.99. The first kappa shape index (κ1) is 13.3. The zero-order valence-corrected chi connectivity index (χ0v) is 10.4. The fraction of sp³-hybridized carbons (Fsp3) is 0.214. The SMILES string of the molecule is COCCOc1cc(C(=O)O)cc2ccc(F)cc12. The summed E-state index contributed by atoms with van der Waals surface area (Å²) in [4.78, 5) is 11.0. The number of ether oxygens (including phenoxy) is 2. The minimum atomic E-state index is -1.05. The van der Waals surface area contributed by atoms with Gasteiger partial charge in [0.1, 0.15) is 18.2 Å². The molecule has 2 aromatic carbocycles. The summed E-state index contributed by atoms with van der Waals surface area (Å²) in [5.41, 5.74) is 0.103. The van der Waals surface area contributed by atoms with Crippen molar-refractivity contribution in [2.75, 3.05) is 20.3 Å². The Labute approximate surface area is 109 Å². The van der Waals surface area contributed by atoms with Gasteiger partial charge in [0.05, 0.1) is 12.2 Å². The van der Waals surface area contributed by atoms with E-state index in [1.54, 1.807) is 0 Å². The second kappa shape index (κ2) is 5.67. The average molecular weight is 264 g/mol. The molecule has 5 heteroatoms. The molecule has 0 saturated carbocycles. The molecule has 0 atom stereocenters. The molecule has 1 N–H and O–H groups in total. The van der Waals surface area contributed by atoms with Gasteiger partial charge >= 0.3 is 5.97 Å². The highest BCUT2D eigenvalue weighted by molar-refractivity contribution is 5.97. The first-order valence-electron chi connectivity index (χ1n) is 5.70. The van der Waals surface area contributed by atoms with Gasteiger partial charge in [0.2, 0.25) is 0 Å². The summed E-state index contributed by atoms with van der Waals surface area (Å²) < 4.78 is 23.6. The van der Waals surface area contributed by atoms with Crippen LogP contribution in [0.2, 0.25) is 0 Å². The number of benzene rings is 2. The van der Waals surface area contributed by atoms with E-state index in [4.69, 9.17) is 14.6 Å². The summed E-state index contributed by atoms with van der Waals surface area (Å²) in [6.07, 6.45) is 0. The quantitative estimate of drug-likeness (QED) is 0.843. The molecule has 0 aliphatic heterocycles. The number of hydrogen-bond donors (Lipinski definition) is 1. The van der Waals surface area contributed by atoms with E-state index in [-0.39, 0.29) is 12.2 Å². The lowest BCUT2D eigenvalue weighted by atomic mass is 10.1. The van der Waals surface area contributed by atoms with Crippen LogP contribution in [0.4, 0.5) is 4.39 Å². The van der Waals surface area contributed by atoms with Crippen molar-refractivity contribution in [1.82, 2.24) is 0 Å². The molecule has 0 aliphatic carbocycles. The molecule has 0 amide bonds. The maximum absolute atomic E-state index is 13.3. The molecule has 0 fully saturated rings. The molecule has 0 spiro atoms. The normalized spacial score (nSPS) is 10.6. The molecule has 4 nitrogen and oxygen atoms in total. The Hall–Kier alpha value is -2.14. The average Bonchev–Trinajstić information content (AvgIpc) is 2.39. The third-order valence-electron chi connectivity index (χ3n) is 2.67. The third-order valence-corrected chi connectivity index (χ3v) is 2.67. The van der Waals surface area contributed by atoms with Gasteiger partial charge in [0.15, 0.2) is 0 Å². The third kappa shape index (κ3) is 3.00. The first-order valence-corrected chi connectivity index (χ1v) is 5.70. The van der Waals surface area contributed by atoms with Crippen LogP contribution >= 0.6 is 0 Å². The van der Waals surface area contributed by atoms with Gasteiger partial charge in [0.25, 0.3) is 0 Å². The lowest BCUT2D eigenvalue weighted by molar-refractivity contribution is 0.0696. The predicted octanol–water partition coefficient (Wildman–Crippen LogP) is 2.70. The van der Waals surface area contributed by atoms with Gasteiger partial charge < -0.3 is 14.6 Å².